The van der Waals surface area contributed by atoms with Crippen LogP contribution in [0.25, 0.3) is 11.1 Å². The highest BCUT2D eigenvalue weighted by molar-refractivity contribution is 6.30. The van der Waals surface area contributed by atoms with Gasteiger partial charge in [-0.25, -0.2) is 9.37 Å². The van der Waals surface area contributed by atoms with Crippen LogP contribution in [0.15, 0.2) is 48.7 Å². The molecule has 1 aromatic heterocycles. The molecule has 0 atom stereocenters. The number of amides is 1. The molecular weight excluding hydrogens is 439 g/mol. The number of halogens is 2. The maximum atomic E-state index is 13.9. The van der Waals surface area contributed by atoms with Crippen LogP contribution in [0.5, 0.6) is 0 Å². The molecule has 0 spiro atoms. The molecule has 0 bridgehead atoms. The van der Waals surface area contributed by atoms with E-state index >= 15 is 0 Å². The van der Waals surface area contributed by atoms with E-state index in [4.69, 9.17) is 17.0 Å². The van der Waals surface area contributed by atoms with Crippen LogP contribution in [0.3, 0.4) is 0 Å². The van der Waals surface area contributed by atoms with Crippen molar-refractivity contribution in [2.45, 2.75) is 33.1 Å². The zero-order valence-electron chi connectivity index (χ0n) is 19.5. The van der Waals surface area contributed by atoms with Crippen LogP contribution >= 0.6 is 11.6 Å². The third-order valence-electron chi connectivity index (χ3n) is 5.79. The van der Waals surface area contributed by atoms with Gasteiger partial charge >= 0.3 is 0 Å². The lowest BCUT2D eigenvalue weighted by atomic mass is 9.83. The number of likely N-dealkylation sites (N-methyl/N-ethyl adjacent to an activating group) is 1. The Kier molecular flexibility index (Phi) is 7.18. The van der Waals surface area contributed by atoms with Gasteiger partial charge in [-0.3, -0.25) is 4.79 Å². The van der Waals surface area contributed by atoms with Crippen molar-refractivity contribution in [3.05, 3.63) is 76.2 Å². The Labute approximate surface area is 199 Å². The van der Waals surface area contributed by atoms with Crippen molar-refractivity contribution >= 4 is 35.2 Å². The van der Waals surface area contributed by atoms with E-state index in [1.165, 1.54) is 18.3 Å². The molecule has 0 radical (unpaired) electrons. The summed E-state index contributed by atoms with van der Waals surface area (Å²) in [5, 5.41) is 11.8. The number of nitrogens with zero attached hydrogens (tertiary/aromatic N) is 2. The first-order chi connectivity index (χ1) is 15.6. The smallest absolute Gasteiger partial charge is 0.236 e. The lowest BCUT2D eigenvalue weighted by molar-refractivity contribution is -0.122. The molecule has 0 unspecified atom stereocenters. The van der Waals surface area contributed by atoms with Gasteiger partial charge in [0.25, 0.3) is 0 Å². The summed E-state index contributed by atoms with van der Waals surface area (Å²) < 4.78 is 13.9. The van der Waals surface area contributed by atoms with Gasteiger partial charge in [-0.05, 0) is 68.7 Å². The lowest BCUT2D eigenvalue weighted by Crippen LogP contribution is -2.42. The highest BCUT2D eigenvalue weighted by atomic mass is 35.5. The normalized spacial score (nSPS) is 11.2. The van der Waals surface area contributed by atoms with E-state index in [0.29, 0.717) is 39.8 Å². The van der Waals surface area contributed by atoms with Crippen molar-refractivity contribution in [3.8, 4) is 11.1 Å². The number of anilines is 2. The zero-order valence-corrected chi connectivity index (χ0v) is 20.2. The minimum atomic E-state index is -0.875. The number of rotatable bonds is 7. The lowest BCUT2D eigenvalue weighted by Gasteiger charge is -2.32. The van der Waals surface area contributed by atoms with Gasteiger partial charge in [-0.15, -0.1) is 0 Å². The van der Waals surface area contributed by atoms with E-state index < -0.39 is 5.41 Å². The summed E-state index contributed by atoms with van der Waals surface area (Å²) in [4.78, 5) is 19.8. The van der Waals surface area contributed by atoms with Gasteiger partial charge in [-0.1, -0.05) is 29.8 Å². The predicted octanol–water partition coefficient (Wildman–Crippen LogP) is 6.22. The van der Waals surface area contributed by atoms with Crippen molar-refractivity contribution in [2.24, 2.45) is 0 Å². The molecular formula is C26H28ClFN4O. The van der Waals surface area contributed by atoms with E-state index in [2.05, 4.69) is 10.3 Å². The molecule has 0 aliphatic carbocycles. The van der Waals surface area contributed by atoms with E-state index in [1.54, 1.807) is 43.3 Å². The summed E-state index contributed by atoms with van der Waals surface area (Å²) in [5.41, 5.74) is 3.05. The number of benzene rings is 2. The van der Waals surface area contributed by atoms with Crippen molar-refractivity contribution in [3.63, 3.8) is 0 Å². The standard InChI is InChI=1S/C26H28ClFN4O/c1-6-30-24-21(14-29)23(20-11-10-19(28)12-16(20)2)22(15-31-24)32(5)25(33)26(3,4)17-8-7-9-18(27)13-17/h7-15,29H,6H2,1-5H3,(H,30,31). The van der Waals surface area contributed by atoms with Crippen LogP contribution in [0.4, 0.5) is 15.9 Å². The van der Waals surface area contributed by atoms with Crippen molar-refractivity contribution in [2.75, 3.05) is 23.8 Å². The topological polar surface area (TPSA) is 69.1 Å². The molecule has 5 nitrogen and oxygen atoms in total. The van der Waals surface area contributed by atoms with E-state index in [1.807, 2.05) is 32.9 Å². The molecule has 33 heavy (non-hydrogen) atoms. The molecule has 2 N–H and O–H groups in total. The molecule has 0 aliphatic rings. The Bertz CT molecular complexity index is 1210. The van der Waals surface area contributed by atoms with Crippen LogP contribution in [0.1, 0.15) is 37.5 Å². The summed E-state index contributed by atoms with van der Waals surface area (Å²) in [6, 6.07) is 11.7. The minimum Gasteiger partial charge on any atom is -0.370 e. The maximum Gasteiger partial charge on any atom is 0.236 e. The molecule has 0 saturated heterocycles. The third-order valence-corrected chi connectivity index (χ3v) is 6.02. The van der Waals surface area contributed by atoms with Crippen LogP contribution in [-0.2, 0) is 10.2 Å². The molecule has 3 aromatic rings. The van der Waals surface area contributed by atoms with Crippen molar-refractivity contribution < 1.29 is 9.18 Å². The van der Waals surface area contributed by atoms with Gasteiger partial charge in [0.15, 0.2) is 0 Å². The zero-order chi connectivity index (χ0) is 24.3. The first-order valence-corrected chi connectivity index (χ1v) is 11.1. The average Bonchev–Trinajstić information content (AvgIpc) is 2.78. The highest BCUT2D eigenvalue weighted by Gasteiger charge is 2.34. The number of aromatic nitrogens is 1. The van der Waals surface area contributed by atoms with Crippen LogP contribution in [0, 0.1) is 18.2 Å². The second-order valence-corrected chi connectivity index (χ2v) is 8.85. The fraction of sp³-hybridized carbons (Fsp3) is 0.269. The van der Waals surface area contributed by atoms with Crippen LogP contribution in [0.2, 0.25) is 5.02 Å². The Morgan fingerprint density at radius 3 is 2.61 bits per heavy atom. The van der Waals surface area contributed by atoms with Gasteiger partial charge < -0.3 is 15.6 Å². The summed E-state index contributed by atoms with van der Waals surface area (Å²) >= 11 is 6.18. The summed E-state index contributed by atoms with van der Waals surface area (Å²) in [6.45, 7) is 8.05. The van der Waals surface area contributed by atoms with Gasteiger partial charge in [0.1, 0.15) is 11.6 Å². The molecule has 1 heterocycles. The van der Waals surface area contributed by atoms with Gasteiger partial charge in [0.2, 0.25) is 5.91 Å². The minimum absolute atomic E-state index is 0.167. The molecule has 1 amide bonds. The fourth-order valence-corrected chi connectivity index (χ4v) is 4.13. The third kappa shape index (κ3) is 4.76. The number of nitrogens with one attached hydrogen (secondary N) is 2. The van der Waals surface area contributed by atoms with E-state index in [9.17, 15) is 9.18 Å². The van der Waals surface area contributed by atoms with Gasteiger partial charge in [0, 0.05) is 36.0 Å². The molecule has 0 fully saturated rings. The van der Waals surface area contributed by atoms with Gasteiger partial charge in [0.05, 0.1) is 17.3 Å². The summed E-state index contributed by atoms with van der Waals surface area (Å²) in [5.74, 6) is 0.0197. The number of pyridine rings is 1. The number of hydrogen-bond donors (Lipinski definition) is 2. The van der Waals surface area contributed by atoms with Crippen molar-refractivity contribution in [1.82, 2.24) is 4.98 Å². The Morgan fingerprint density at radius 1 is 1.27 bits per heavy atom. The molecule has 7 heteroatoms. The van der Waals surface area contributed by atoms with E-state index in [-0.39, 0.29) is 11.7 Å². The van der Waals surface area contributed by atoms with Crippen molar-refractivity contribution in [1.29, 1.82) is 5.41 Å². The fourth-order valence-electron chi connectivity index (χ4n) is 3.94. The number of aryl methyl sites for hydroxylation is 1. The SMILES string of the molecule is CCNc1ncc(N(C)C(=O)C(C)(C)c2cccc(Cl)c2)c(-c2ccc(F)cc2C)c1C=N. The number of carbonyl (C=O) groups is 1. The summed E-state index contributed by atoms with van der Waals surface area (Å²) in [7, 11) is 1.69. The Hall–Kier alpha value is -3.25. The first kappa shape index (κ1) is 24.4. The molecule has 0 saturated carbocycles. The summed E-state index contributed by atoms with van der Waals surface area (Å²) in [6.07, 6.45) is 2.84. The second kappa shape index (κ2) is 9.71. The monoisotopic (exact) mass is 466 g/mol. The molecule has 172 valence electrons. The predicted molar refractivity (Wildman–Crippen MR) is 134 cm³/mol. The first-order valence-electron chi connectivity index (χ1n) is 10.7. The van der Waals surface area contributed by atoms with Crippen LogP contribution in [-0.4, -0.2) is 30.7 Å². The number of hydrogen-bond acceptors (Lipinski definition) is 4. The second-order valence-electron chi connectivity index (χ2n) is 8.41. The average molecular weight is 467 g/mol. The number of carbonyl (C=O) groups excluding carboxylic acids is 1. The maximum absolute atomic E-state index is 13.9. The largest absolute Gasteiger partial charge is 0.370 e. The van der Waals surface area contributed by atoms with Crippen LogP contribution < -0.4 is 10.2 Å². The molecule has 2 aromatic carbocycles. The highest BCUT2D eigenvalue weighted by Crippen LogP contribution is 2.39. The Morgan fingerprint density at radius 2 is 2.00 bits per heavy atom. The van der Waals surface area contributed by atoms with Gasteiger partial charge in [-0.2, -0.15) is 0 Å². The molecule has 0 aliphatic heterocycles. The quantitative estimate of drug-likeness (QED) is 0.406. The molecule has 3 rings (SSSR count). The Balaban J connectivity index is 2.21. The van der Waals surface area contributed by atoms with E-state index in [0.717, 1.165) is 11.1 Å².